The SMILES string of the molecule is N#Cc1ccc(NC(=O)c2cc(Nc3cc(Cl)cc(Cl)c3)ncn2)cc1. The zero-order valence-corrected chi connectivity index (χ0v) is 14.7. The largest absolute Gasteiger partial charge is 0.340 e. The Balaban J connectivity index is 1.75. The first-order valence-corrected chi connectivity index (χ1v) is 8.16. The molecule has 6 nitrogen and oxygen atoms in total. The smallest absolute Gasteiger partial charge is 0.274 e. The van der Waals surface area contributed by atoms with E-state index in [9.17, 15) is 4.79 Å². The number of carbonyl (C=O) groups is 1. The average molecular weight is 384 g/mol. The van der Waals surface area contributed by atoms with Gasteiger partial charge in [0, 0.05) is 27.5 Å². The number of anilines is 3. The first-order chi connectivity index (χ1) is 12.5. The van der Waals surface area contributed by atoms with E-state index in [4.69, 9.17) is 28.5 Å². The van der Waals surface area contributed by atoms with Crippen LogP contribution in [0.3, 0.4) is 0 Å². The maximum absolute atomic E-state index is 12.3. The van der Waals surface area contributed by atoms with Crippen LogP contribution in [0.4, 0.5) is 17.2 Å². The van der Waals surface area contributed by atoms with E-state index < -0.39 is 5.91 Å². The Kier molecular flexibility index (Phi) is 5.32. The van der Waals surface area contributed by atoms with Gasteiger partial charge in [0.15, 0.2) is 0 Å². The van der Waals surface area contributed by atoms with Gasteiger partial charge in [-0.05, 0) is 42.5 Å². The highest BCUT2D eigenvalue weighted by Crippen LogP contribution is 2.24. The summed E-state index contributed by atoms with van der Waals surface area (Å²) in [6.45, 7) is 0. The summed E-state index contributed by atoms with van der Waals surface area (Å²) in [5.41, 5.74) is 1.89. The van der Waals surface area contributed by atoms with Crippen molar-refractivity contribution in [1.82, 2.24) is 9.97 Å². The number of hydrogen-bond donors (Lipinski definition) is 2. The molecule has 0 saturated carbocycles. The second kappa shape index (κ2) is 7.83. The number of aromatic nitrogens is 2. The lowest BCUT2D eigenvalue weighted by atomic mass is 10.2. The Morgan fingerprint density at radius 3 is 2.31 bits per heavy atom. The first-order valence-electron chi connectivity index (χ1n) is 7.40. The van der Waals surface area contributed by atoms with Gasteiger partial charge in [0.1, 0.15) is 17.8 Å². The molecular weight excluding hydrogens is 373 g/mol. The molecule has 8 heteroatoms. The topological polar surface area (TPSA) is 90.7 Å². The predicted molar refractivity (Wildman–Crippen MR) is 101 cm³/mol. The molecule has 2 aromatic carbocycles. The van der Waals surface area contributed by atoms with Crippen LogP contribution in [0, 0.1) is 11.3 Å². The fraction of sp³-hybridized carbons (Fsp3) is 0. The predicted octanol–water partition coefficient (Wildman–Crippen LogP) is 4.65. The third-order valence-corrected chi connectivity index (χ3v) is 3.74. The van der Waals surface area contributed by atoms with Crippen molar-refractivity contribution in [1.29, 1.82) is 5.26 Å². The highest BCUT2D eigenvalue weighted by Gasteiger charge is 2.10. The minimum absolute atomic E-state index is 0.181. The molecular formula is C18H11Cl2N5O. The molecule has 0 bridgehead atoms. The standard InChI is InChI=1S/C18H11Cl2N5O/c19-12-5-13(20)7-15(6-12)24-17-8-16(22-10-23-17)18(26)25-14-3-1-11(9-21)2-4-14/h1-8,10H,(H,25,26)(H,22,23,24). The Bertz CT molecular complexity index is 979. The highest BCUT2D eigenvalue weighted by atomic mass is 35.5. The summed E-state index contributed by atoms with van der Waals surface area (Å²) in [6.07, 6.45) is 1.28. The number of nitrogens with zero attached hydrogens (tertiary/aromatic N) is 3. The second-order valence-corrected chi connectivity index (χ2v) is 6.09. The van der Waals surface area contributed by atoms with Crippen LogP contribution in [0.2, 0.25) is 10.0 Å². The molecule has 26 heavy (non-hydrogen) atoms. The van der Waals surface area contributed by atoms with Crippen molar-refractivity contribution < 1.29 is 4.79 Å². The van der Waals surface area contributed by atoms with Crippen molar-refractivity contribution in [3.8, 4) is 6.07 Å². The summed E-state index contributed by atoms with van der Waals surface area (Å²) in [4.78, 5) is 20.4. The van der Waals surface area contributed by atoms with Crippen LogP contribution in [-0.4, -0.2) is 15.9 Å². The van der Waals surface area contributed by atoms with Crippen molar-refractivity contribution in [3.63, 3.8) is 0 Å². The Morgan fingerprint density at radius 2 is 1.65 bits per heavy atom. The van der Waals surface area contributed by atoms with Crippen LogP contribution in [-0.2, 0) is 0 Å². The van der Waals surface area contributed by atoms with E-state index >= 15 is 0 Å². The van der Waals surface area contributed by atoms with E-state index in [1.165, 1.54) is 12.4 Å². The number of hydrogen-bond acceptors (Lipinski definition) is 5. The lowest BCUT2D eigenvalue weighted by Gasteiger charge is -2.08. The molecule has 0 atom stereocenters. The van der Waals surface area contributed by atoms with E-state index in [2.05, 4.69) is 20.6 Å². The van der Waals surface area contributed by atoms with E-state index in [0.717, 1.165) is 0 Å². The van der Waals surface area contributed by atoms with E-state index in [1.807, 2.05) is 6.07 Å². The Labute approximate surface area is 159 Å². The fourth-order valence-electron chi connectivity index (χ4n) is 2.15. The van der Waals surface area contributed by atoms with E-state index in [-0.39, 0.29) is 5.69 Å². The monoisotopic (exact) mass is 383 g/mol. The summed E-state index contributed by atoms with van der Waals surface area (Å²) < 4.78 is 0. The lowest BCUT2D eigenvalue weighted by Crippen LogP contribution is -2.14. The van der Waals surface area contributed by atoms with Gasteiger partial charge in [0.25, 0.3) is 5.91 Å². The Morgan fingerprint density at radius 1 is 0.962 bits per heavy atom. The number of benzene rings is 2. The maximum Gasteiger partial charge on any atom is 0.274 e. The summed E-state index contributed by atoms with van der Waals surface area (Å²) in [6, 6.07) is 15.0. The molecule has 0 aliphatic heterocycles. The summed E-state index contributed by atoms with van der Waals surface area (Å²) in [5, 5.41) is 15.5. The van der Waals surface area contributed by atoms with Gasteiger partial charge in [-0.15, -0.1) is 0 Å². The molecule has 2 N–H and O–H groups in total. The number of halogens is 2. The molecule has 1 aromatic heterocycles. The van der Waals surface area contributed by atoms with Crippen molar-refractivity contribution in [2.45, 2.75) is 0 Å². The highest BCUT2D eigenvalue weighted by molar-refractivity contribution is 6.35. The van der Waals surface area contributed by atoms with Gasteiger partial charge in [-0.1, -0.05) is 23.2 Å². The van der Waals surface area contributed by atoms with Gasteiger partial charge in [0.05, 0.1) is 11.6 Å². The number of nitrogens with one attached hydrogen (secondary N) is 2. The van der Waals surface area contributed by atoms with Crippen molar-refractivity contribution in [3.05, 3.63) is 76.2 Å². The molecule has 0 fully saturated rings. The van der Waals surface area contributed by atoms with Gasteiger partial charge in [-0.2, -0.15) is 5.26 Å². The van der Waals surface area contributed by atoms with Crippen LogP contribution >= 0.6 is 23.2 Å². The van der Waals surface area contributed by atoms with Gasteiger partial charge in [0.2, 0.25) is 0 Å². The zero-order chi connectivity index (χ0) is 18.5. The third-order valence-electron chi connectivity index (χ3n) is 3.31. The van der Waals surface area contributed by atoms with Gasteiger partial charge < -0.3 is 10.6 Å². The summed E-state index contributed by atoms with van der Waals surface area (Å²) >= 11 is 11.9. The molecule has 3 rings (SSSR count). The number of carbonyl (C=O) groups excluding carboxylic acids is 1. The lowest BCUT2D eigenvalue weighted by molar-refractivity contribution is 0.102. The van der Waals surface area contributed by atoms with Crippen LogP contribution in [0.5, 0.6) is 0 Å². The quantitative estimate of drug-likeness (QED) is 0.683. The molecule has 128 valence electrons. The summed E-state index contributed by atoms with van der Waals surface area (Å²) in [7, 11) is 0. The molecule has 1 heterocycles. The first kappa shape index (κ1) is 17.7. The Hall–Kier alpha value is -3.14. The van der Waals surface area contributed by atoms with Crippen LogP contribution in [0.1, 0.15) is 16.1 Å². The van der Waals surface area contributed by atoms with E-state index in [1.54, 1.807) is 42.5 Å². The third kappa shape index (κ3) is 4.48. The van der Waals surface area contributed by atoms with Gasteiger partial charge in [-0.3, -0.25) is 4.79 Å². The van der Waals surface area contributed by atoms with E-state index in [0.29, 0.717) is 32.8 Å². The van der Waals surface area contributed by atoms with Crippen LogP contribution < -0.4 is 10.6 Å². The minimum atomic E-state index is -0.399. The van der Waals surface area contributed by atoms with Gasteiger partial charge in [-0.25, -0.2) is 9.97 Å². The number of nitriles is 1. The molecule has 0 spiro atoms. The molecule has 0 radical (unpaired) electrons. The molecule has 0 saturated heterocycles. The normalized spacial score (nSPS) is 10.0. The van der Waals surface area contributed by atoms with Gasteiger partial charge >= 0.3 is 0 Å². The van der Waals surface area contributed by atoms with Crippen molar-refractivity contribution in [2.75, 3.05) is 10.6 Å². The minimum Gasteiger partial charge on any atom is -0.340 e. The maximum atomic E-state index is 12.3. The molecule has 0 unspecified atom stereocenters. The average Bonchev–Trinajstić information content (AvgIpc) is 2.61. The number of amides is 1. The second-order valence-electron chi connectivity index (χ2n) is 5.21. The number of rotatable bonds is 4. The summed E-state index contributed by atoms with van der Waals surface area (Å²) in [5.74, 6) is 0.0209. The molecule has 0 aliphatic rings. The van der Waals surface area contributed by atoms with Crippen LogP contribution in [0.15, 0.2) is 54.9 Å². The zero-order valence-electron chi connectivity index (χ0n) is 13.2. The van der Waals surface area contributed by atoms with Crippen LogP contribution in [0.25, 0.3) is 0 Å². The van der Waals surface area contributed by atoms with Crippen molar-refractivity contribution >= 4 is 46.3 Å². The molecule has 1 amide bonds. The molecule has 0 aliphatic carbocycles. The van der Waals surface area contributed by atoms with Crippen molar-refractivity contribution in [2.24, 2.45) is 0 Å². The molecule has 3 aromatic rings. The fourth-order valence-corrected chi connectivity index (χ4v) is 2.67.